The Morgan fingerprint density at radius 1 is 1.21 bits per heavy atom. The largest absolute Gasteiger partial charge is 0.494 e. The van der Waals surface area contributed by atoms with E-state index in [1.807, 2.05) is 31.2 Å². The van der Waals surface area contributed by atoms with Gasteiger partial charge in [-0.2, -0.15) is 0 Å². The highest BCUT2D eigenvalue weighted by molar-refractivity contribution is 5.89. The van der Waals surface area contributed by atoms with Crippen LogP contribution in [0.15, 0.2) is 28.7 Å². The highest BCUT2D eigenvalue weighted by atomic mass is 16.5. The Hall–Kier alpha value is -2.57. The molecular formula is C17H22N4O3. The fourth-order valence-corrected chi connectivity index (χ4v) is 2.78. The summed E-state index contributed by atoms with van der Waals surface area (Å²) in [6.07, 6.45) is 5.57. The summed E-state index contributed by atoms with van der Waals surface area (Å²) in [5.74, 6) is 0.462. The van der Waals surface area contributed by atoms with Crippen LogP contribution in [0.3, 0.4) is 0 Å². The van der Waals surface area contributed by atoms with E-state index in [2.05, 4.69) is 20.8 Å². The summed E-state index contributed by atoms with van der Waals surface area (Å²) in [4.78, 5) is 12.1. The molecule has 1 amide bonds. The maximum Gasteiger partial charge on any atom is 0.320 e. The first kappa shape index (κ1) is 16.3. The maximum atomic E-state index is 12.1. The van der Waals surface area contributed by atoms with Gasteiger partial charge in [-0.15, -0.1) is 5.10 Å². The average molecular weight is 330 g/mol. The Morgan fingerprint density at radius 3 is 2.67 bits per heavy atom. The fourth-order valence-electron chi connectivity index (χ4n) is 2.78. The number of amides is 1. The van der Waals surface area contributed by atoms with Crippen LogP contribution in [0.4, 0.5) is 11.7 Å². The predicted octanol–water partition coefficient (Wildman–Crippen LogP) is 3.27. The molecule has 1 fully saturated rings. The number of hydrogen-bond acceptors (Lipinski definition) is 6. The molecule has 0 aliphatic heterocycles. The molecule has 24 heavy (non-hydrogen) atoms. The van der Waals surface area contributed by atoms with E-state index in [0.29, 0.717) is 6.61 Å². The lowest BCUT2D eigenvalue weighted by atomic mass is 9.95. The molecule has 1 aliphatic carbocycles. The minimum absolute atomic E-state index is 0.0194. The monoisotopic (exact) mass is 330 g/mol. The van der Waals surface area contributed by atoms with Crippen molar-refractivity contribution in [2.45, 2.75) is 45.1 Å². The zero-order valence-electron chi connectivity index (χ0n) is 13.7. The first-order valence-electron chi connectivity index (χ1n) is 8.39. The number of benzene rings is 1. The first-order chi connectivity index (χ1) is 11.7. The van der Waals surface area contributed by atoms with Crippen LogP contribution in [-0.2, 0) is 0 Å². The van der Waals surface area contributed by atoms with Gasteiger partial charge in [0.05, 0.1) is 6.61 Å². The van der Waals surface area contributed by atoms with Crippen molar-refractivity contribution in [2.24, 2.45) is 0 Å². The van der Waals surface area contributed by atoms with Gasteiger partial charge < -0.3 is 19.8 Å². The number of carbonyl (C=O) groups is 1. The molecule has 128 valence electrons. The molecule has 3 rings (SSSR count). The molecule has 1 aromatic heterocycles. The summed E-state index contributed by atoms with van der Waals surface area (Å²) >= 11 is 0. The zero-order chi connectivity index (χ0) is 16.8. The van der Waals surface area contributed by atoms with E-state index < -0.39 is 0 Å². The molecule has 0 atom stereocenters. The molecule has 1 heterocycles. The van der Waals surface area contributed by atoms with Crippen LogP contribution < -0.4 is 15.4 Å². The molecule has 1 saturated carbocycles. The molecular weight excluding hydrogens is 308 g/mol. The van der Waals surface area contributed by atoms with Gasteiger partial charge in [0.25, 0.3) is 0 Å². The van der Waals surface area contributed by atoms with E-state index in [0.717, 1.165) is 37.1 Å². The molecule has 7 nitrogen and oxygen atoms in total. The molecule has 0 saturated heterocycles. The summed E-state index contributed by atoms with van der Waals surface area (Å²) in [5.41, 5.74) is 0.779. The van der Waals surface area contributed by atoms with Gasteiger partial charge in [0.1, 0.15) is 5.75 Å². The van der Waals surface area contributed by atoms with Crippen LogP contribution in [0.2, 0.25) is 0 Å². The van der Waals surface area contributed by atoms with Gasteiger partial charge in [-0.3, -0.25) is 4.79 Å². The molecule has 0 radical (unpaired) electrons. The average Bonchev–Trinajstić information content (AvgIpc) is 3.06. The number of nitrogens with zero attached hydrogens (tertiary/aromatic N) is 2. The lowest BCUT2D eigenvalue weighted by Gasteiger charge is -2.21. The van der Waals surface area contributed by atoms with Gasteiger partial charge in [-0.25, -0.2) is 0 Å². The third-order valence-corrected chi connectivity index (χ3v) is 3.98. The van der Waals surface area contributed by atoms with Crippen LogP contribution >= 0.6 is 0 Å². The van der Waals surface area contributed by atoms with Crippen LogP contribution in [0.25, 0.3) is 0 Å². The van der Waals surface area contributed by atoms with Crippen LogP contribution in [0, 0.1) is 0 Å². The standard InChI is InChI=1S/C17H22N4O3/c1-2-23-14-10-8-13(9-11-14)19-17-21-20-16(24-17)15(22)18-12-6-4-3-5-7-12/h8-12H,2-7H2,1H3,(H,18,22)(H,19,21). The lowest BCUT2D eigenvalue weighted by Crippen LogP contribution is -2.36. The van der Waals surface area contributed by atoms with Crippen molar-refractivity contribution in [3.05, 3.63) is 30.2 Å². The minimum atomic E-state index is -0.311. The van der Waals surface area contributed by atoms with Gasteiger partial charge in [-0.05, 0) is 44.0 Å². The van der Waals surface area contributed by atoms with Crippen molar-refractivity contribution in [1.82, 2.24) is 15.5 Å². The van der Waals surface area contributed by atoms with Crippen molar-refractivity contribution in [2.75, 3.05) is 11.9 Å². The maximum absolute atomic E-state index is 12.1. The SMILES string of the molecule is CCOc1ccc(Nc2nnc(C(=O)NC3CCCCC3)o2)cc1. The second-order valence-electron chi connectivity index (χ2n) is 5.80. The van der Waals surface area contributed by atoms with E-state index in [4.69, 9.17) is 9.15 Å². The summed E-state index contributed by atoms with van der Waals surface area (Å²) in [6.45, 7) is 2.56. The number of rotatable bonds is 6. The van der Waals surface area contributed by atoms with Crippen molar-refractivity contribution in [1.29, 1.82) is 0 Å². The summed E-state index contributed by atoms with van der Waals surface area (Å²) in [5, 5.41) is 13.6. The number of anilines is 2. The molecule has 0 spiro atoms. The van der Waals surface area contributed by atoms with Gasteiger partial charge in [0, 0.05) is 11.7 Å². The van der Waals surface area contributed by atoms with Crippen LogP contribution in [0.1, 0.15) is 49.7 Å². The first-order valence-corrected chi connectivity index (χ1v) is 8.39. The number of nitrogens with one attached hydrogen (secondary N) is 2. The van der Waals surface area contributed by atoms with Crippen molar-refractivity contribution in [3.8, 4) is 5.75 Å². The van der Waals surface area contributed by atoms with Crippen LogP contribution in [0.5, 0.6) is 5.75 Å². The van der Waals surface area contributed by atoms with E-state index in [9.17, 15) is 4.79 Å². The Balaban J connectivity index is 1.57. The molecule has 7 heteroatoms. The van der Waals surface area contributed by atoms with Gasteiger partial charge >= 0.3 is 17.8 Å². The topological polar surface area (TPSA) is 89.3 Å². The Bertz CT molecular complexity index is 663. The van der Waals surface area contributed by atoms with Crippen molar-refractivity contribution < 1.29 is 13.9 Å². The lowest BCUT2D eigenvalue weighted by molar-refractivity contribution is 0.0893. The number of aromatic nitrogens is 2. The molecule has 0 bridgehead atoms. The fraction of sp³-hybridized carbons (Fsp3) is 0.471. The summed E-state index contributed by atoms with van der Waals surface area (Å²) in [6, 6.07) is 7.78. The molecule has 2 aromatic rings. The normalized spacial score (nSPS) is 15.0. The molecule has 1 aromatic carbocycles. The Labute approximate surface area is 140 Å². The second kappa shape index (κ2) is 7.81. The van der Waals surface area contributed by atoms with Gasteiger partial charge in [0.2, 0.25) is 0 Å². The summed E-state index contributed by atoms with van der Waals surface area (Å²) < 4.78 is 10.8. The molecule has 1 aliphatic rings. The van der Waals surface area contributed by atoms with Crippen molar-refractivity contribution >= 4 is 17.6 Å². The smallest absolute Gasteiger partial charge is 0.320 e. The predicted molar refractivity (Wildman–Crippen MR) is 89.5 cm³/mol. The third kappa shape index (κ3) is 4.24. The van der Waals surface area contributed by atoms with Crippen LogP contribution in [-0.4, -0.2) is 28.8 Å². The van der Waals surface area contributed by atoms with E-state index in [1.165, 1.54) is 6.42 Å². The Kier molecular flexibility index (Phi) is 5.30. The molecule has 0 unspecified atom stereocenters. The minimum Gasteiger partial charge on any atom is -0.494 e. The highest BCUT2D eigenvalue weighted by Gasteiger charge is 2.20. The quantitative estimate of drug-likeness (QED) is 0.845. The van der Waals surface area contributed by atoms with E-state index in [1.54, 1.807) is 0 Å². The number of hydrogen-bond donors (Lipinski definition) is 2. The zero-order valence-corrected chi connectivity index (χ0v) is 13.7. The van der Waals surface area contributed by atoms with Gasteiger partial charge in [0.15, 0.2) is 0 Å². The Morgan fingerprint density at radius 2 is 1.96 bits per heavy atom. The number of ether oxygens (including phenoxy) is 1. The van der Waals surface area contributed by atoms with E-state index in [-0.39, 0.29) is 23.9 Å². The number of carbonyl (C=O) groups excluding carboxylic acids is 1. The van der Waals surface area contributed by atoms with Gasteiger partial charge in [-0.1, -0.05) is 24.4 Å². The van der Waals surface area contributed by atoms with Crippen molar-refractivity contribution in [3.63, 3.8) is 0 Å². The highest BCUT2D eigenvalue weighted by Crippen LogP contribution is 2.20. The second-order valence-corrected chi connectivity index (χ2v) is 5.80. The van der Waals surface area contributed by atoms with E-state index >= 15 is 0 Å². The third-order valence-electron chi connectivity index (χ3n) is 3.98. The summed E-state index contributed by atoms with van der Waals surface area (Å²) in [7, 11) is 0. The molecule has 2 N–H and O–H groups in total.